The van der Waals surface area contributed by atoms with E-state index < -0.39 is 11.7 Å². The van der Waals surface area contributed by atoms with E-state index in [1.54, 1.807) is 18.3 Å². The number of halogens is 3. The molecule has 0 amide bonds. The topological polar surface area (TPSA) is 67.6 Å². The van der Waals surface area contributed by atoms with Gasteiger partial charge < -0.3 is 9.94 Å². The molecule has 0 fully saturated rings. The highest BCUT2D eigenvalue weighted by Crippen LogP contribution is 2.29. The Hall–Kier alpha value is -3.42. The molecule has 2 aromatic carbocycles. The molecule has 3 aromatic rings. The third-order valence-electron chi connectivity index (χ3n) is 4.92. The van der Waals surface area contributed by atoms with Gasteiger partial charge in [-0.2, -0.15) is 13.2 Å². The smallest absolute Gasteiger partial charge is 0.416 e. The normalized spacial score (nSPS) is 15.1. The molecule has 1 N–H and O–H groups in total. The zero-order chi connectivity index (χ0) is 21.1. The number of hydrogen-bond acceptors (Lipinski definition) is 5. The minimum Gasteiger partial charge on any atom is -0.489 e. The number of oxime groups is 1. The lowest BCUT2D eigenvalue weighted by Gasteiger charge is -2.16. The summed E-state index contributed by atoms with van der Waals surface area (Å²) in [5.74, 6) is 1.10. The van der Waals surface area contributed by atoms with Crippen molar-refractivity contribution in [3.63, 3.8) is 0 Å². The molecule has 154 valence electrons. The summed E-state index contributed by atoms with van der Waals surface area (Å²) in [5.41, 5.74) is 2.94. The summed E-state index contributed by atoms with van der Waals surface area (Å²) in [6.07, 6.45) is -0.156. The SMILES string of the molecule is O/N=C1/CCCc2cnc(-c3ccc(OCc4ccc(C(F)(F)F)cc4)cc3)nc21. The standard InChI is InChI=1S/C22H18F3N3O2/c23-22(24,25)17-8-4-14(5-9-17)13-30-18-10-6-15(7-11-18)21-26-12-16-2-1-3-19(28-29)20(16)27-21/h4-12,29H,1-3,13H2/b28-19-. The van der Waals surface area contributed by atoms with Crippen LogP contribution in [0, 0.1) is 0 Å². The van der Waals surface area contributed by atoms with E-state index in [4.69, 9.17) is 4.74 Å². The van der Waals surface area contributed by atoms with Crippen molar-refractivity contribution in [2.45, 2.75) is 32.0 Å². The van der Waals surface area contributed by atoms with Crippen LogP contribution in [0.2, 0.25) is 0 Å². The highest BCUT2D eigenvalue weighted by molar-refractivity contribution is 6.00. The highest BCUT2D eigenvalue weighted by Gasteiger charge is 2.29. The summed E-state index contributed by atoms with van der Waals surface area (Å²) in [7, 11) is 0. The maximum Gasteiger partial charge on any atom is 0.416 e. The van der Waals surface area contributed by atoms with Crippen molar-refractivity contribution in [1.82, 2.24) is 9.97 Å². The van der Waals surface area contributed by atoms with Gasteiger partial charge in [-0.15, -0.1) is 0 Å². The zero-order valence-corrected chi connectivity index (χ0v) is 15.9. The molecule has 0 aliphatic heterocycles. The molecule has 0 saturated heterocycles. The van der Waals surface area contributed by atoms with E-state index in [-0.39, 0.29) is 6.61 Å². The first-order valence-corrected chi connectivity index (χ1v) is 9.40. The minimum absolute atomic E-state index is 0.156. The number of benzene rings is 2. The number of fused-ring (bicyclic) bond motifs is 1. The molecule has 1 heterocycles. The first kappa shape index (κ1) is 19.9. The van der Waals surface area contributed by atoms with Gasteiger partial charge in [-0.05, 0) is 66.8 Å². The van der Waals surface area contributed by atoms with E-state index in [2.05, 4.69) is 15.1 Å². The molecule has 8 heteroatoms. The van der Waals surface area contributed by atoms with Crippen LogP contribution in [-0.2, 0) is 19.2 Å². The maximum absolute atomic E-state index is 12.6. The molecule has 5 nitrogen and oxygen atoms in total. The van der Waals surface area contributed by atoms with Crippen molar-refractivity contribution in [3.8, 4) is 17.1 Å². The second kappa shape index (κ2) is 8.14. The number of rotatable bonds is 4. The summed E-state index contributed by atoms with van der Waals surface area (Å²) in [4.78, 5) is 8.95. The molecule has 30 heavy (non-hydrogen) atoms. The van der Waals surface area contributed by atoms with Crippen LogP contribution in [0.15, 0.2) is 59.9 Å². The first-order valence-electron chi connectivity index (χ1n) is 9.40. The molecule has 0 unspecified atom stereocenters. The van der Waals surface area contributed by atoms with Crippen molar-refractivity contribution >= 4 is 5.71 Å². The summed E-state index contributed by atoms with van der Waals surface area (Å²) in [6.45, 7) is 0.156. The number of hydrogen-bond donors (Lipinski definition) is 1. The van der Waals surface area contributed by atoms with Gasteiger partial charge in [0.15, 0.2) is 5.82 Å². The van der Waals surface area contributed by atoms with Crippen LogP contribution in [0.25, 0.3) is 11.4 Å². The second-order valence-corrected chi connectivity index (χ2v) is 6.98. The van der Waals surface area contributed by atoms with E-state index in [1.165, 1.54) is 12.1 Å². The number of alkyl halides is 3. The average molecular weight is 413 g/mol. The van der Waals surface area contributed by atoms with Crippen LogP contribution < -0.4 is 4.74 Å². The van der Waals surface area contributed by atoms with Crippen molar-refractivity contribution in [1.29, 1.82) is 0 Å². The summed E-state index contributed by atoms with van der Waals surface area (Å²) >= 11 is 0. The molecule has 0 radical (unpaired) electrons. The number of aryl methyl sites for hydroxylation is 1. The van der Waals surface area contributed by atoms with Crippen LogP contribution >= 0.6 is 0 Å². The predicted octanol–water partition coefficient (Wildman–Crippen LogP) is 5.26. The number of nitrogens with zero attached hydrogens (tertiary/aromatic N) is 3. The quantitative estimate of drug-likeness (QED) is 0.468. The maximum atomic E-state index is 12.6. The fourth-order valence-electron chi connectivity index (χ4n) is 3.30. The van der Waals surface area contributed by atoms with Gasteiger partial charge >= 0.3 is 6.18 Å². The molecule has 0 atom stereocenters. The van der Waals surface area contributed by atoms with Gasteiger partial charge in [0, 0.05) is 11.8 Å². The van der Waals surface area contributed by atoms with Gasteiger partial charge in [-0.25, -0.2) is 9.97 Å². The fourth-order valence-corrected chi connectivity index (χ4v) is 3.30. The summed E-state index contributed by atoms with van der Waals surface area (Å²) in [5, 5.41) is 12.6. The Morgan fingerprint density at radius 1 is 1.00 bits per heavy atom. The van der Waals surface area contributed by atoms with Crippen molar-refractivity contribution in [3.05, 3.63) is 77.1 Å². The van der Waals surface area contributed by atoms with Crippen molar-refractivity contribution in [2.24, 2.45) is 5.16 Å². The van der Waals surface area contributed by atoms with E-state index in [0.29, 0.717) is 35.0 Å². The zero-order valence-electron chi connectivity index (χ0n) is 15.9. The number of ether oxygens (including phenoxy) is 1. The molecular formula is C22H18F3N3O2. The molecule has 0 saturated carbocycles. The molecule has 0 bridgehead atoms. The molecular weight excluding hydrogens is 395 g/mol. The Balaban J connectivity index is 1.45. The molecule has 1 aromatic heterocycles. The molecule has 1 aliphatic rings. The lowest BCUT2D eigenvalue weighted by molar-refractivity contribution is -0.137. The Morgan fingerprint density at radius 3 is 2.40 bits per heavy atom. The van der Waals surface area contributed by atoms with Crippen molar-refractivity contribution < 1.29 is 23.1 Å². The van der Waals surface area contributed by atoms with Crippen LogP contribution in [0.1, 0.15) is 35.2 Å². The van der Waals surface area contributed by atoms with E-state index in [1.807, 2.05) is 12.1 Å². The minimum atomic E-state index is -4.35. The second-order valence-electron chi connectivity index (χ2n) is 6.98. The van der Waals surface area contributed by atoms with Crippen LogP contribution in [-0.4, -0.2) is 20.9 Å². The Labute approximate surface area is 170 Å². The predicted molar refractivity (Wildman–Crippen MR) is 105 cm³/mol. The van der Waals surface area contributed by atoms with Crippen LogP contribution in [0.5, 0.6) is 5.75 Å². The van der Waals surface area contributed by atoms with E-state index in [0.717, 1.165) is 36.1 Å². The van der Waals surface area contributed by atoms with Gasteiger partial charge in [-0.3, -0.25) is 0 Å². The molecule has 0 spiro atoms. The van der Waals surface area contributed by atoms with Gasteiger partial charge in [0.25, 0.3) is 0 Å². The fraction of sp³-hybridized carbons (Fsp3) is 0.227. The average Bonchev–Trinajstić information content (AvgIpc) is 2.77. The summed E-state index contributed by atoms with van der Waals surface area (Å²) in [6, 6.07) is 12.0. The van der Waals surface area contributed by atoms with E-state index in [9.17, 15) is 18.4 Å². The Kier molecular flexibility index (Phi) is 5.39. The van der Waals surface area contributed by atoms with Crippen molar-refractivity contribution in [2.75, 3.05) is 0 Å². The Morgan fingerprint density at radius 2 is 1.73 bits per heavy atom. The molecule has 4 rings (SSSR count). The third-order valence-corrected chi connectivity index (χ3v) is 4.92. The first-order chi connectivity index (χ1) is 14.4. The van der Waals surface area contributed by atoms with Gasteiger partial charge in [0.2, 0.25) is 0 Å². The molecule has 1 aliphatic carbocycles. The number of aromatic nitrogens is 2. The van der Waals surface area contributed by atoms with Crippen LogP contribution in [0.3, 0.4) is 0 Å². The lowest BCUT2D eigenvalue weighted by Crippen LogP contribution is -2.15. The monoisotopic (exact) mass is 413 g/mol. The van der Waals surface area contributed by atoms with E-state index >= 15 is 0 Å². The van der Waals surface area contributed by atoms with Crippen LogP contribution in [0.4, 0.5) is 13.2 Å². The largest absolute Gasteiger partial charge is 0.489 e. The van der Waals surface area contributed by atoms with Gasteiger partial charge in [0.05, 0.1) is 11.3 Å². The highest BCUT2D eigenvalue weighted by atomic mass is 19.4. The summed E-state index contributed by atoms with van der Waals surface area (Å²) < 4.78 is 43.5. The lowest BCUT2D eigenvalue weighted by atomic mass is 9.95. The van der Waals surface area contributed by atoms with Gasteiger partial charge in [-0.1, -0.05) is 17.3 Å². The third kappa shape index (κ3) is 4.27. The van der Waals surface area contributed by atoms with Gasteiger partial charge in [0.1, 0.15) is 18.1 Å². The Bertz CT molecular complexity index is 1060.